The van der Waals surface area contributed by atoms with Crippen LogP contribution in [-0.2, 0) is 4.74 Å². The maximum atomic E-state index is 13.4. The molecule has 7 heteroatoms. The van der Waals surface area contributed by atoms with Crippen molar-refractivity contribution in [2.75, 3.05) is 12.3 Å². The summed E-state index contributed by atoms with van der Waals surface area (Å²) >= 11 is 0. The Morgan fingerprint density at radius 2 is 2.10 bits per heavy atom. The lowest BCUT2D eigenvalue weighted by atomic mass is 9.98. The van der Waals surface area contributed by atoms with Crippen molar-refractivity contribution in [3.63, 3.8) is 0 Å². The Morgan fingerprint density at radius 3 is 2.93 bits per heavy atom. The zero-order valence-corrected chi connectivity index (χ0v) is 16.1. The molecule has 0 saturated carbocycles. The predicted molar refractivity (Wildman–Crippen MR) is 111 cm³/mol. The number of nitrogen functional groups attached to an aromatic ring is 1. The van der Waals surface area contributed by atoms with Gasteiger partial charge in [0.25, 0.3) is 0 Å². The number of ether oxygens (including phenoxy) is 1. The molecule has 2 N–H and O–H groups in total. The van der Waals surface area contributed by atoms with Gasteiger partial charge in [0.1, 0.15) is 5.69 Å². The van der Waals surface area contributed by atoms with Crippen molar-refractivity contribution in [3.05, 3.63) is 59.7 Å². The molecule has 5 rings (SSSR count). The fourth-order valence-corrected chi connectivity index (χ4v) is 4.06. The van der Waals surface area contributed by atoms with Crippen LogP contribution in [0.1, 0.15) is 47.1 Å². The molecule has 0 bridgehead atoms. The highest BCUT2D eigenvalue weighted by Gasteiger charge is 2.23. The van der Waals surface area contributed by atoms with Crippen LogP contribution in [0, 0.1) is 6.92 Å². The van der Waals surface area contributed by atoms with E-state index in [1.165, 1.54) is 0 Å². The van der Waals surface area contributed by atoms with Crippen LogP contribution >= 0.6 is 0 Å². The average Bonchev–Trinajstić information content (AvgIpc) is 3.21. The molecule has 7 nitrogen and oxygen atoms in total. The minimum absolute atomic E-state index is 0.106. The van der Waals surface area contributed by atoms with Gasteiger partial charge in [-0.15, -0.1) is 0 Å². The normalized spacial score (nSPS) is 17.1. The highest BCUT2D eigenvalue weighted by atomic mass is 16.5. The van der Waals surface area contributed by atoms with Crippen molar-refractivity contribution < 1.29 is 9.53 Å². The van der Waals surface area contributed by atoms with Crippen LogP contribution in [-0.4, -0.2) is 32.1 Å². The SMILES string of the molecule is Cc1cc(C(=O)c2nccc3c2cnn3C2CCCCO2)c(N)c2cccnc12. The highest BCUT2D eigenvalue weighted by Crippen LogP contribution is 2.31. The molecule has 3 aromatic heterocycles. The third-order valence-corrected chi connectivity index (χ3v) is 5.54. The molecule has 1 aliphatic rings. The molecule has 1 saturated heterocycles. The average molecular weight is 387 g/mol. The lowest BCUT2D eigenvalue weighted by Gasteiger charge is -2.23. The van der Waals surface area contributed by atoms with Gasteiger partial charge in [-0.25, -0.2) is 4.68 Å². The van der Waals surface area contributed by atoms with Crippen molar-refractivity contribution in [2.24, 2.45) is 0 Å². The van der Waals surface area contributed by atoms with Crippen LogP contribution in [0.3, 0.4) is 0 Å². The lowest BCUT2D eigenvalue weighted by Crippen LogP contribution is -2.19. The number of fused-ring (bicyclic) bond motifs is 2. The molecular weight excluding hydrogens is 366 g/mol. The number of carbonyl (C=O) groups is 1. The summed E-state index contributed by atoms with van der Waals surface area (Å²) in [4.78, 5) is 22.2. The van der Waals surface area contributed by atoms with E-state index in [4.69, 9.17) is 10.5 Å². The van der Waals surface area contributed by atoms with Gasteiger partial charge in [-0.1, -0.05) is 0 Å². The Labute approximate surface area is 167 Å². The van der Waals surface area contributed by atoms with Gasteiger partial charge in [0.05, 0.1) is 22.9 Å². The van der Waals surface area contributed by atoms with E-state index in [-0.39, 0.29) is 12.0 Å². The zero-order valence-electron chi connectivity index (χ0n) is 16.1. The van der Waals surface area contributed by atoms with Gasteiger partial charge in [-0.2, -0.15) is 5.10 Å². The van der Waals surface area contributed by atoms with Crippen molar-refractivity contribution in [1.82, 2.24) is 19.7 Å². The predicted octanol–water partition coefficient (Wildman–Crippen LogP) is 3.80. The van der Waals surface area contributed by atoms with Gasteiger partial charge < -0.3 is 10.5 Å². The molecule has 0 amide bonds. The van der Waals surface area contributed by atoms with Crippen molar-refractivity contribution in [1.29, 1.82) is 0 Å². The number of carbonyl (C=O) groups excluding carboxylic acids is 1. The number of pyridine rings is 2. The maximum Gasteiger partial charge on any atom is 0.214 e. The van der Waals surface area contributed by atoms with Crippen molar-refractivity contribution in [2.45, 2.75) is 32.4 Å². The minimum Gasteiger partial charge on any atom is -0.398 e. The van der Waals surface area contributed by atoms with Gasteiger partial charge in [0.15, 0.2) is 6.23 Å². The standard InChI is InChI=1S/C22H21N5O2/c1-13-11-15(19(23)14-5-4-8-24-20(13)14)22(28)21-16-12-26-27(17(16)7-9-25-21)18-6-2-3-10-29-18/h4-5,7-9,11-12,18H,2-3,6,10,23H2,1H3. The Morgan fingerprint density at radius 1 is 1.21 bits per heavy atom. The van der Waals surface area contributed by atoms with Crippen molar-refractivity contribution >= 4 is 33.3 Å². The van der Waals surface area contributed by atoms with Crippen LogP contribution in [0.15, 0.2) is 42.9 Å². The molecule has 1 aromatic carbocycles. The summed E-state index contributed by atoms with van der Waals surface area (Å²) < 4.78 is 7.72. The largest absolute Gasteiger partial charge is 0.398 e. The molecule has 4 aromatic rings. The number of anilines is 1. The molecule has 29 heavy (non-hydrogen) atoms. The Balaban J connectivity index is 1.63. The lowest BCUT2D eigenvalue weighted by molar-refractivity contribution is -0.0366. The number of aromatic nitrogens is 4. The Hall–Kier alpha value is -3.32. The molecule has 1 fully saturated rings. The van der Waals surface area contributed by atoms with E-state index in [1.807, 2.05) is 29.8 Å². The molecule has 0 spiro atoms. The first-order valence-corrected chi connectivity index (χ1v) is 9.77. The fraction of sp³-hybridized carbons (Fsp3) is 0.273. The second-order valence-electron chi connectivity index (χ2n) is 7.39. The quantitative estimate of drug-likeness (QED) is 0.424. The summed E-state index contributed by atoms with van der Waals surface area (Å²) in [5.74, 6) is -0.217. The number of nitrogens with two attached hydrogens (primary N) is 1. The zero-order chi connectivity index (χ0) is 20.0. The Bertz CT molecular complexity index is 1240. The van der Waals surface area contributed by atoms with E-state index >= 15 is 0 Å². The second-order valence-corrected chi connectivity index (χ2v) is 7.39. The summed E-state index contributed by atoms with van der Waals surface area (Å²) in [6.07, 6.45) is 8.03. The number of benzene rings is 1. The van der Waals surface area contributed by atoms with E-state index in [0.29, 0.717) is 22.3 Å². The van der Waals surface area contributed by atoms with Gasteiger partial charge >= 0.3 is 0 Å². The summed E-state index contributed by atoms with van der Waals surface area (Å²) in [7, 11) is 0. The van der Waals surface area contributed by atoms with Gasteiger partial charge in [-0.05, 0) is 56.0 Å². The third-order valence-electron chi connectivity index (χ3n) is 5.54. The number of hydrogen-bond donors (Lipinski definition) is 1. The smallest absolute Gasteiger partial charge is 0.214 e. The van der Waals surface area contributed by atoms with Crippen LogP contribution in [0.25, 0.3) is 21.8 Å². The van der Waals surface area contributed by atoms with Gasteiger partial charge in [0, 0.05) is 35.3 Å². The number of ketones is 1. The fourth-order valence-electron chi connectivity index (χ4n) is 4.06. The minimum atomic E-state index is -0.217. The van der Waals surface area contributed by atoms with Crippen molar-refractivity contribution in [3.8, 4) is 0 Å². The Kier molecular flexibility index (Phi) is 4.24. The summed E-state index contributed by atoms with van der Waals surface area (Å²) in [6, 6.07) is 7.37. The molecule has 0 aliphatic carbocycles. The monoisotopic (exact) mass is 387 g/mol. The van der Waals surface area contributed by atoms with E-state index in [9.17, 15) is 4.79 Å². The summed E-state index contributed by atoms with van der Waals surface area (Å²) in [6.45, 7) is 2.65. The first-order valence-electron chi connectivity index (χ1n) is 9.77. The second kappa shape index (κ2) is 6.93. The van der Waals surface area contributed by atoms with Crippen LogP contribution in [0.4, 0.5) is 5.69 Å². The van der Waals surface area contributed by atoms with Crippen LogP contribution in [0.5, 0.6) is 0 Å². The van der Waals surface area contributed by atoms with E-state index in [1.54, 1.807) is 24.7 Å². The third kappa shape index (κ3) is 2.86. The number of aryl methyl sites for hydroxylation is 1. The van der Waals surface area contributed by atoms with Gasteiger partial charge in [0.2, 0.25) is 5.78 Å². The highest BCUT2D eigenvalue weighted by molar-refractivity contribution is 6.19. The molecule has 0 radical (unpaired) electrons. The topological polar surface area (TPSA) is 95.9 Å². The van der Waals surface area contributed by atoms with E-state index < -0.39 is 0 Å². The number of hydrogen-bond acceptors (Lipinski definition) is 6. The van der Waals surface area contributed by atoms with Crippen LogP contribution < -0.4 is 5.73 Å². The van der Waals surface area contributed by atoms with E-state index in [0.717, 1.165) is 47.9 Å². The summed E-state index contributed by atoms with van der Waals surface area (Å²) in [5, 5.41) is 5.98. The molecular formula is C22H21N5O2. The molecule has 146 valence electrons. The maximum absolute atomic E-state index is 13.4. The molecule has 1 unspecified atom stereocenters. The molecule has 1 aliphatic heterocycles. The van der Waals surface area contributed by atoms with Crippen LogP contribution in [0.2, 0.25) is 0 Å². The summed E-state index contributed by atoms with van der Waals surface area (Å²) in [5.41, 5.74) is 10.1. The van der Waals surface area contributed by atoms with E-state index in [2.05, 4.69) is 15.1 Å². The number of rotatable bonds is 3. The number of nitrogens with zero attached hydrogens (tertiary/aromatic N) is 4. The van der Waals surface area contributed by atoms with Gasteiger partial charge in [-0.3, -0.25) is 14.8 Å². The molecule has 4 heterocycles. The first-order chi connectivity index (χ1) is 14.1. The first kappa shape index (κ1) is 17.8. The molecule has 1 atom stereocenters.